The molecular weight excluding hydrogens is 530 g/mol. The average Bonchev–Trinajstić information content (AvgIpc) is 2.86. The van der Waals surface area contributed by atoms with Crippen LogP contribution >= 0.6 is 15.9 Å². The van der Waals surface area contributed by atoms with Crippen LogP contribution in [0.15, 0.2) is 76.1 Å². The normalized spacial score (nSPS) is 11.4. The number of sulfonamides is 1. The molecule has 35 heavy (non-hydrogen) atoms. The summed E-state index contributed by atoms with van der Waals surface area (Å²) in [4.78, 5) is 11.3. The molecule has 2 N–H and O–H groups in total. The van der Waals surface area contributed by atoms with Gasteiger partial charge in [0.1, 0.15) is 16.5 Å². The van der Waals surface area contributed by atoms with Gasteiger partial charge < -0.3 is 15.0 Å². The van der Waals surface area contributed by atoms with E-state index in [0.29, 0.717) is 17.0 Å². The third-order valence-electron chi connectivity index (χ3n) is 5.36. The number of halogens is 1. The topological polar surface area (TPSA) is 96.5 Å². The van der Waals surface area contributed by atoms with Gasteiger partial charge in [0.15, 0.2) is 0 Å². The zero-order valence-electron chi connectivity index (χ0n) is 19.6. The highest BCUT2D eigenvalue weighted by Crippen LogP contribution is 2.27. The third kappa shape index (κ3) is 5.90. The Morgan fingerprint density at radius 2 is 1.63 bits per heavy atom. The van der Waals surface area contributed by atoms with Crippen molar-refractivity contribution in [2.45, 2.75) is 18.0 Å². The van der Waals surface area contributed by atoms with Crippen LogP contribution in [0.1, 0.15) is 11.1 Å². The maximum atomic E-state index is 12.8. The minimum atomic E-state index is -3.75. The summed E-state index contributed by atoms with van der Waals surface area (Å²) in [5.74, 6) is 1.69. The third-order valence-corrected chi connectivity index (χ3v) is 7.28. The van der Waals surface area contributed by atoms with E-state index in [4.69, 9.17) is 4.74 Å². The zero-order valence-corrected chi connectivity index (χ0v) is 22.0. The number of benzene rings is 3. The fraction of sp³-hybridized carbons (Fsp3) is 0.200. The molecule has 0 unspecified atom stereocenters. The number of nitrogens with one attached hydrogen (secondary N) is 2. The lowest BCUT2D eigenvalue weighted by Gasteiger charge is -2.16. The molecule has 0 fully saturated rings. The Balaban J connectivity index is 1.42. The van der Waals surface area contributed by atoms with Crippen molar-refractivity contribution in [3.8, 4) is 5.75 Å². The molecule has 1 heterocycles. The molecular formula is C25H26BrN5O3S. The molecule has 0 radical (unpaired) electrons. The van der Waals surface area contributed by atoms with Gasteiger partial charge in [-0.2, -0.15) is 4.98 Å². The first-order chi connectivity index (χ1) is 16.8. The first kappa shape index (κ1) is 24.9. The van der Waals surface area contributed by atoms with Gasteiger partial charge in [0, 0.05) is 37.0 Å². The van der Waals surface area contributed by atoms with Crippen LogP contribution in [0.3, 0.4) is 0 Å². The van der Waals surface area contributed by atoms with E-state index in [2.05, 4.69) is 35.9 Å². The number of aromatic nitrogens is 2. The van der Waals surface area contributed by atoms with Gasteiger partial charge >= 0.3 is 0 Å². The van der Waals surface area contributed by atoms with E-state index in [0.717, 1.165) is 27.8 Å². The van der Waals surface area contributed by atoms with Crippen molar-refractivity contribution in [2.24, 2.45) is 0 Å². The highest BCUT2D eigenvalue weighted by atomic mass is 79.9. The number of methoxy groups -OCH3 is 1. The van der Waals surface area contributed by atoms with Crippen molar-refractivity contribution >= 4 is 48.6 Å². The lowest BCUT2D eigenvalue weighted by molar-refractivity contribution is 0.402. The minimum absolute atomic E-state index is 0.0858. The number of rotatable bonds is 9. The van der Waals surface area contributed by atoms with E-state index in [1.807, 2.05) is 67.5 Å². The van der Waals surface area contributed by atoms with Gasteiger partial charge in [0.2, 0.25) is 16.0 Å². The molecule has 4 rings (SSSR count). The summed E-state index contributed by atoms with van der Waals surface area (Å²) in [5.41, 5.74) is 2.73. The average molecular weight is 556 g/mol. The van der Waals surface area contributed by atoms with Gasteiger partial charge in [-0.25, -0.2) is 18.1 Å². The van der Waals surface area contributed by atoms with Crippen LogP contribution in [0.25, 0.3) is 10.9 Å². The summed E-state index contributed by atoms with van der Waals surface area (Å²) < 4.78 is 34.1. The molecule has 0 amide bonds. The van der Waals surface area contributed by atoms with Crippen LogP contribution in [-0.4, -0.2) is 39.6 Å². The molecule has 0 spiro atoms. The monoisotopic (exact) mass is 555 g/mol. The van der Waals surface area contributed by atoms with Crippen LogP contribution < -0.4 is 19.7 Å². The zero-order chi connectivity index (χ0) is 25.0. The van der Waals surface area contributed by atoms with Crippen molar-refractivity contribution in [1.29, 1.82) is 0 Å². The second-order valence-electron chi connectivity index (χ2n) is 8.07. The van der Waals surface area contributed by atoms with E-state index >= 15 is 0 Å². The largest absolute Gasteiger partial charge is 0.495 e. The summed E-state index contributed by atoms with van der Waals surface area (Å²) in [6, 6.07) is 20.5. The SMILES string of the molecule is COc1ccc(Br)cc1S(=O)(=O)NCc1ccc(CNc2nc(N(C)C)c3ccccc3n2)cc1. The van der Waals surface area contributed by atoms with Gasteiger partial charge in [0.05, 0.1) is 12.6 Å². The second kappa shape index (κ2) is 10.6. The Hall–Kier alpha value is -3.21. The van der Waals surface area contributed by atoms with Gasteiger partial charge in [0.25, 0.3) is 0 Å². The maximum Gasteiger partial charge on any atom is 0.244 e. The Morgan fingerprint density at radius 1 is 0.943 bits per heavy atom. The second-order valence-corrected chi connectivity index (χ2v) is 10.7. The van der Waals surface area contributed by atoms with E-state index in [1.54, 1.807) is 12.1 Å². The summed E-state index contributed by atoms with van der Waals surface area (Å²) in [6.45, 7) is 0.693. The molecule has 3 aromatic carbocycles. The lowest BCUT2D eigenvalue weighted by Crippen LogP contribution is -2.23. The fourth-order valence-corrected chi connectivity index (χ4v) is 5.28. The molecule has 0 aliphatic heterocycles. The Kier molecular flexibility index (Phi) is 7.54. The van der Waals surface area contributed by atoms with Crippen LogP contribution in [0.4, 0.5) is 11.8 Å². The Morgan fingerprint density at radius 3 is 2.31 bits per heavy atom. The van der Waals surface area contributed by atoms with E-state index in [9.17, 15) is 8.42 Å². The number of hydrogen-bond donors (Lipinski definition) is 2. The van der Waals surface area contributed by atoms with Crippen molar-refractivity contribution in [1.82, 2.24) is 14.7 Å². The van der Waals surface area contributed by atoms with E-state index < -0.39 is 10.0 Å². The van der Waals surface area contributed by atoms with Crippen molar-refractivity contribution in [2.75, 3.05) is 31.4 Å². The number of fused-ring (bicyclic) bond motifs is 1. The Bertz CT molecular complexity index is 1440. The number of ether oxygens (including phenoxy) is 1. The molecule has 4 aromatic rings. The summed E-state index contributed by atoms with van der Waals surface area (Å²) in [7, 11) is 1.61. The minimum Gasteiger partial charge on any atom is -0.495 e. The molecule has 1 aromatic heterocycles. The molecule has 182 valence electrons. The summed E-state index contributed by atoms with van der Waals surface area (Å²) >= 11 is 3.31. The predicted octanol–water partition coefficient (Wildman–Crippen LogP) is 4.56. The van der Waals surface area contributed by atoms with Gasteiger partial charge in [-0.3, -0.25) is 0 Å². The first-order valence-electron chi connectivity index (χ1n) is 10.9. The lowest BCUT2D eigenvalue weighted by atomic mass is 10.1. The molecule has 0 aliphatic carbocycles. The number of para-hydroxylation sites is 1. The maximum absolute atomic E-state index is 12.8. The molecule has 0 aliphatic rings. The van der Waals surface area contributed by atoms with Crippen LogP contribution in [0.5, 0.6) is 5.75 Å². The number of anilines is 2. The first-order valence-corrected chi connectivity index (χ1v) is 13.1. The van der Waals surface area contributed by atoms with E-state index in [-0.39, 0.29) is 17.2 Å². The number of hydrogen-bond acceptors (Lipinski definition) is 7. The van der Waals surface area contributed by atoms with Crippen molar-refractivity contribution in [3.05, 3.63) is 82.3 Å². The van der Waals surface area contributed by atoms with Gasteiger partial charge in [-0.1, -0.05) is 52.3 Å². The fourth-order valence-electron chi connectivity index (χ4n) is 3.55. The van der Waals surface area contributed by atoms with Crippen LogP contribution in [0.2, 0.25) is 0 Å². The van der Waals surface area contributed by atoms with Gasteiger partial charge in [-0.05, 0) is 41.5 Å². The summed E-state index contributed by atoms with van der Waals surface area (Å²) in [6.07, 6.45) is 0. The summed E-state index contributed by atoms with van der Waals surface area (Å²) in [5, 5.41) is 4.28. The smallest absolute Gasteiger partial charge is 0.244 e. The molecule has 0 saturated carbocycles. The van der Waals surface area contributed by atoms with Gasteiger partial charge in [-0.15, -0.1) is 0 Å². The standard InChI is InChI=1S/C25H26BrN5O3S/c1-31(2)24-20-6-4-5-7-21(20)29-25(30-24)27-15-17-8-10-18(11-9-17)16-28-35(32,33)23-14-19(26)12-13-22(23)34-3/h4-14,28H,15-16H2,1-3H3,(H,27,29,30). The molecule has 8 nitrogen and oxygen atoms in total. The Labute approximate surface area is 213 Å². The molecule has 0 atom stereocenters. The quantitative estimate of drug-likeness (QED) is 0.312. The highest BCUT2D eigenvalue weighted by Gasteiger charge is 2.19. The van der Waals surface area contributed by atoms with Crippen molar-refractivity contribution < 1.29 is 13.2 Å². The molecule has 0 bridgehead atoms. The van der Waals surface area contributed by atoms with Crippen molar-refractivity contribution in [3.63, 3.8) is 0 Å². The number of nitrogens with zero attached hydrogens (tertiary/aromatic N) is 3. The van der Waals surface area contributed by atoms with E-state index in [1.165, 1.54) is 13.2 Å². The van der Waals surface area contributed by atoms with Crippen LogP contribution in [0, 0.1) is 0 Å². The van der Waals surface area contributed by atoms with Crippen LogP contribution in [-0.2, 0) is 23.1 Å². The molecule has 10 heteroatoms. The molecule has 0 saturated heterocycles. The highest BCUT2D eigenvalue weighted by molar-refractivity contribution is 9.10. The predicted molar refractivity (Wildman–Crippen MR) is 142 cm³/mol.